The highest BCUT2D eigenvalue weighted by molar-refractivity contribution is 6.16. The summed E-state index contributed by atoms with van der Waals surface area (Å²) in [5.41, 5.74) is 2.98. The number of halogens is 1. The standard InChI is InChI=1S/C35H27FN2O4/c1-20-11-13-22(14-12-20)32(40)30-29(31(39)23-15-16-28(42-2)26(36)19-23)35(25-9-5-6-10-27(25)37-34(35)41)33-24-8-4-3-7-21(24)17-18-38(30)33/h3-19,29-30,33H,1-2H3,(H,37,41). The summed E-state index contributed by atoms with van der Waals surface area (Å²) < 4.78 is 20.1. The first-order valence-corrected chi connectivity index (χ1v) is 13.8. The normalized spacial score (nSPS) is 23.3. The first-order valence-electron chi connectivity index (χ1n) is 13.8. The fourth-order valence-electron chi connectivity index (χ4n) is 7.06. The number of benzene rings is 4. The van der Waals surface area contributed by atoms with Crippen molar-refractivity contribution >= 4 is 29.2 Å². The highest BCUT2D eigenvalue weighted by atomic mass is 19.1. The van der Waals surface area contributed by atoms with Crippen LogP contribution in [-0.4, -0.2) is 35.5 Å². The van der Waals surface area contributed by atoms with Crippen molar-refractivity contribution in [2.45, 2.75) is 24.4 Å². The Morgan fingerprint density at radius 3 is 2.38 bits per heavy atom. The molecule has 6 nitrogen and oxygen atoms in total. The lowest BCUT2D eigenvalue weighted by atomic mass is 9.62. The number of nitrogens with zero attached hydrogens (tertiary/aromatic N) is 1. The van der Waals surface area contributed by atoms with Gasteiger partial charge in [-0.1, -0.05) is 72.3 Å². The largest absolute Gasteiger partial charge is 0.494 e. The summed E-state index contributed by atoms with van der Waals surface area (Å²) >= 11 is 0. The molecule has 4 aromatic rings. The molecule has 1 N–H and O–H groups in total. The SMILES string of the molecule is COc1ccc(C(=O)C2C(C(=O)c3ccc(C)cc3)N3C=Cc4ccccc4C3C23C(=O)Nc2ccccc23)cc1F. The Labute approximate surface area is 242 Å². The van der Waals surface area contributed by atoms with Gasteiger partial charge in [-0.2, -0.15) is 0 Å². The van der Waals surface area contributed by atoms with Crippen molar-refractivity contribution in [1.29, 1.82) is 0 Å². The molecule has 4 atom stereocenters. The summed E-state index contributed by atoms with van der Waals surface area (Å²) in [4.78, 5) is 45.7. The number of nitrogens with one attached hydrogen (secondary N) is 1. The maximum atomic E-state index is 15.0. The lowest BCUT2D eigenvalue weighted by molar-refractivity contribution is -0.122. The summed E-state index contributed by atoms with van der Waals surface area (Å²) in [7, 11) is 1.35. The van der Waals surface area contributed by atoms with Crippen LogP contribution in [0.15, 0.2) is 97.2 Å². The third-order valence-electron chi connectivity index (χ3n) is 8.89. The Hall–Kier alpha value is -5.04. The second kappa shape index (κ2) is 9.52. The Kier molecular flexibility index (Phi) is 5.87. The van der Waals surface area contributed by atoms with Gasteiger partial charge in [-0.05, 0) is 54.0 Å². The summed E-state index contributed by atoms with van der Waals surface area (Å²) in [6.45, 7) is 1.93. The number of rotatable bonds is 5. The zero-order valence-corrected chi connectivity index (χ0v) is 23.0. The van der Waals surface area contributed by atoms with Crippen molar-refractivity contribution in [2.24, 2.45) is 5.92 Å². The molecule has 1 spiro atoms. The number of carbonyl (C=O) groups is 3. The van der Waals surface area contributed by atoms with E-state index in [1.807, 2.05) is 78.7 Å². The van der Waals surface area contributed by atoms with E-state index in [-0.39, 0.29) is 23.0 Å². The van der Waals surface area contributed by atoms with Gasteiger partial charge in [0.2, 0.25) is 5.91 Å². The lowest BCUT2D eigenvalue weighted by Gasteiger charge is -2.38. The van der Waals surface area contributed by atoms with E-state index >= 15 is 0 Å². The second-order valence-electron chi connectivity index (χ2n) is 11.0. The zero-order chi connectivity index (χ0) is 29.2. The van der Waals surface area contributed by atoms with Gasteiger partial charge < -0.3 is 15.0 Å². The number of fused-ring (bicyclic) bond motifs is 6. The van der Waals surface area contributed by atoms with Gasteiger partial charge in [0.15, 0.2) is 23.1 Å². The van der Waals surface area contributed by atoms with Crippen LogP contribution in [0.3, 0.4) is 0 Å². The van der Waals surface area contributed by atoms with E-state index in [0.717, 1.165) is 22.8 Å². The number of Topliss-reactive ketones (excluding diaryl/α,β-unsaturated/α-hetero) is 2. The zero-order valence-electron chi connectivity index (χ0n) is 23.0. The maximum absolute atomic E-state index is 15.0. The van der Waals surface area contributed by atoms with E-state index < -0.39 is 35.0 Å². The van der Waals surface area contributed by atoms with Gasteiger partial charge in [0, 0.05) is 23.0 Å². The summed E-state index contributed by atoms with van der Waals surface area (Å²) in [5, 5.41) is 3.02. The van der Waals surface area contributed by atoms with Gasteiger partial charge >= 0.3 is 0 Å². The van der Waals surface area contributed by atoms with E-state index in [0.29, 0.717) is 16.8 Å². The second-order valence-corrected chi connectivity index (χ2v) is 11.0. The van der Waals surface area contributed by atoms with Crippen molar-refractivity contribution in [2.75, 3.05) is 12.4 Å². The molecule has 208 valence electrons. The Balaban J connectivity index is 1.52. The van der Waals surface area contributed by atoms with E-state index in [1.54, 1.807) is 18.2 Å². The van der Waals surface area contributed by atoms with E-state index in [4.69, 9.17) is 4.74 Å². The number of aryl methyl sites for hydroxylation is 1. The average Bonchev–Trinajstić information content (AvgIpc) is 3.49. The molecule has 0 aliphatic carbocycles. The van der Waals surface area contributed by atoms with Crippen molar-refractivity contribution in [3.63, 3.8) is 0 Å². The number of anilines is 1. The summed E-state index contributed by atoms with van der Waals surface area (Å²) in [6.07, 6.45) is 3.73. The number of hydrogen-bond acceptors (Lipinski definition) is 5. The van der Waals surface area contributed by atoms with Crippen LogP contribution in [0.2, 0.25) is 0 Å². The number of carbonyl (C=O) groups excluding carboxylic acids is 3. The minimum absolute atomic E-state index is 0.00166. The Bertz CT molecular complexity index is 1810. The smallest absolute Gasteiger partial charge is 0.238 e. The molecule has 0 radical (unpaired) electrons. The molecule has 42 heavy (non-hydrogen) atoms. The Morgan fingerprint density at radius 2 is 1.62 bits per heavy atom. The number of methoxy groups -OCH3 is 1. The summed E-state index contributed by atoms with van der Waals surface area (Å²) in [6, 6.07) is 24.5. The van der Waals surface area contributed by atoms with Crippen LogP contribution in [0.5, 0.6) is 5.75 Å². The third-order valence-corrected chi connectivity index (χ3v) is 8.89. The number of hydrogen-bond donors (Lipinski definition) is 1. The van der Waals surface area contributed by atoms with Gasteiger partial charge in [0.25, 0.3) is 0 Å². The van der Waals surface area contributed by atoms with Gasteiger partial charge in [0.05, 0.1) is 19.1 Å². The number of para-hydroxylation sites is 1. The third kappa shape index (κ3) is 3.52. The fourth-order valence-corrected chi connectivity index (χ4v) is 7.06. The highest BCUT2D eigenvalue weighted by Gasteiger charge is 2.70. The molecule has 7 heteroatoms. The van der Waals surface area contributed by atoms with Crippen LogP contribution in [0.4, 0.5) is 10.1 Å². The number of amides is 1. The van der Waals surface area contributed by atoms with Gasteiger partial charge in [0.1, 0.15) is 11.5 Å². The summed E-state index contributed by atoms with van der Waals surface area (Å²) in [5.74, 6) is -3.02. The molecule has 3 aliphatic rings. The van der Waals surface area contributed by atoms with Crippen LogP contribution in [0.1, 0.15) is 49.0 Å². The minimum atomic E-state index is -1.48. The first-order chi connectivity index (χ1) is 20.4. The van der Waals surface area contributed by atoms with E-state index in [9.17, 15) is 18.8 Å². The van der Waals surface area contributed by atoms with Crippen molar-refractivity contribution in [1.82, 2.24) is 4.90 Å². The molecule has 7 rings (SSSR count). The molecular weight excluding hydrogens is 531 g/mol. The predicted molar refractivity (Wildman–Crippen MR) is 157 cm³/mol. The van der Waals surface area contributed by atoms with Crippen LogP contribution < -0.4 is 10.1 Å². The lowest BCUT2D eigenvalue weighted by Crippen LogP contribution is -2.49. The molecule has 4 unspecified atom stereocenters. The maximum Gasteiger partial charge on any atom is 0.238 e. The van der Waals surface area contributed by atoms with Crippen molar-refractivity contribution < 1.29 is 23.5 Å². The molecular formula is C35H27FN2O4. The van der Waals surface area contributed by atoms with E-state index in [1.165, 1.54) is 19.2 Å². The molecule has 1 amide bonds. The van der Waals surface area contributed by atoms with Crippen molar-refractivity contribution in [3.8, 4) is 5.75 Å². The van der Waals surface area contributed by atoms with Gasteiger partial charge in [-0.25, -0.2) is 4.39 Å². The quantitative estimate of drug-likeness (QED) is 0.299. The monoisotopic (exact) mass is 558 g/mol. The molecule has 1 fully saturated rings. The average molecular weight is 559 g/mol. The van der Waals surface area contributed by atoms with E-state index in [2.05, 4.69) is 5.32 Å². The van der Waals surface area contributed by atoms with Crippen LogP contribution in [0, 0.1) is 18.7 Å². The highest BCUT2D eigenvalue weighted by Crippen LogP contribution is 2.62. The Morgan fingerprint density at radius 1 is 0.905 bits per heavy atom. The molecule has 0 bridgehead atoms. The molecule has 0 aromatic heterocycles. The minimum Gasteiger partial charge on any atom is -0.494 e. The fraction of sp³-hybridized carbons (Fsp3) is 0.171. The van der Waals surface area contributed by atoms with Gasteiger partial charge in [-0.15, -0.1) is 0 Å². The molecule has 1 saturated heterocycles. The number of ether oxygens (including phenoxy) is 1. The molecule has 4 aromatic carbocycles. The first kappa shape index (κ1) is 25.9. The molecule has 3 heterocycles. The number of ketones is 2. The van der Waals surface area contributed by atoms with Crippen LogP contribution >= 0.6 is 0 Å². The van der Waals surface area contributed by atoms with Crippen LogP contribution in [-0.2, 0) is 10.2 Å². The van der Waals surface area contributed by atoms with Crippen LogP contribution in [0.25, 0.3) is 6.08 Å². The topological polar surface area (TPSA) is 75.7 Å². The molecule has 3 aliphatic heterocycles. The van der Waals surface area contributed by atoms with Gasteiger partial charge in [-0.3, -0.25) is 14.4 Å². The van der Waals surface area contributed by atoms with Crippen molar-refractivity contribution in [3.05, 3.63) is 136 Å². The predicted octanol–water partition coefficient (Wildman–Crippen LogP) is 6.12. The molecule has 0 saturated carbocycles.